The van der Waals surface area contributed by atoms with Gasteiger partial charge in [0.25, 0.3) is 0 Å². The second-order valence-electron chi connectivity index (χ2n) is 6.36. The molecule has 4 aromatic rings. The van der Waals surface area contributed by atoms with Crippen LogP contribution in [-0.4, -0.2) is 36.9 Å². The van der Waals surface area contributed by atoms with Gasteiger partial charge in [0.2, 0.25) is 0 Å². The molecule has 0 aliphatic carbocycles. The average Bonchev–Trinajstić information content (AvgIpc) is 3.38. The molecule has 0 N–H and O–H groups in total. The normalized spacial score (nSPS) is 12.1. The summed E-state index contributed by atoms with van der Waals surface area (Å²) in [7, 11) is 3.60. The molecule has 2 heterocycles. The minimum atomic E-state index is 0.226. The zero-order valence-corrected chi connectivity index (χ0v) is 16.7. The number of benzene rings is 2. The molecular weight excluding hydrogens is 372 g/mol. The number of hydrogen-bond donors (Lipinski definition) is 0. The Morgan fingerprint density at radius 1 is 1.07 bits per heavy atom. The van der Waals surface area contributed by atoms with Crippen molar-refractivity contribution in [3.8, 4) is 22.7 Å². The van der Waals surface area contributed by atoms with Crippen LogP contribution in [0, 0.1) is 0 Å². The van der Waals surface area contributed by atoms with Crippen molar-refractivity contribution in [1.82, 2.24) is 29.8 Å². The van der Waals surface area contributed by atoms with Crippen molar-refractivity contribution in [2.24, 2.45) is 7.05 Å². The van der Waals surface area contributed by atoms with E-state index in [-0.39, 0.29) is 5.25 Å². The molecule has 0 fully saturated rings. The van der Waals surface area contributed by atoms with Crippen LogP contribution in [0.1, 0.15) is 17.7 Å². The van der Waals surface area contributed by atoms with Gasteiger partial charge in [-0.3, -0.25) is 0 Å². The van der Waals surface area contributed by atoms with Crippen LogP contribution in [0.5, 0.6) is 5.75 Å². The second-order valence-corrected chi connectivity index (χ2v) is 7.67. The van der Waals surface area contributed by atoms with Gasteiger partial charge in [-0.1, -0.05) is 41.2 Å². The first-order valence-corrected chi connectivity index (χ1v) is 9.70. The maximum absolute atomic E-state index is 5.29. The van der Waals surface area contributed by atoms with Gasteiger partial charge in [0, 0.05) is 17.9 Å². The van der Waals surface area contributed by atoms with Crippen LogP contribution in [0.2, 0.25) is 0 Å². The highest BCUT2D eigenvalue weighted by atomic mass is 32.2. The van der Waals surface area contributed by atoms with E-state index in [4.69, 9.17) is 4.74 Å². The number of rotatable bonds is 6. The highest BCUT2D eigenvalue weighted by Crippen LogP contribution is 2.34. The Kier molecular flexibility index (Phi) is 5.12. The number of ether oxygens (including phenoxy) is 1. The zero-order chi connectivity index (χ0) is 19.5. The first kappa shape index (κ1) is 18.2. The third kappa shape index (κ3) is 3.77. The summed E-state index contributed by atoms with van der Waals surface area (Å²) in [6.45, 7) is 2.15. The molecular formula is C20H20N6OS. The van der Waals surface area contributed by atoms with Gasteiger partial charge in [0.15, 0.2) is 5.16 Å². The van der Waals surface area contributed by atoms with E-state index in [9.17, 15) is 0 Å². The Morgan fingerprint density at radius 2 is 1.93 bits per heavy atom. The van der Waals surface area contributed by atoms with Crippen molar-refractivity contribution in [2.45, 2.75) is 17.3 Å². The molecule has 0 spiro atoms. The number of methoxy groups -OCH3 is 1. The van der Waals surface area contributed by atoms with Crippen LogP contribution in [0.3, 0.4) is 0 Å². The number of nitrogens with zero attached hydrogens (tertiary/aromatic N) is 6. The molecule has 0 aliphatic heterocycles. The molecule has 28 heavy (non-hydrogen) atoms. The first-order chi connectivity index (χ1) is 13.6. The summed E-state index contributed by atoms with van der Waals surface area (Å²) in [5.41, 5.74) is 3.91. The lowest BCUT2D eigenvalue weighted by atomic mass is 10.1. The minimum absolute atomic E-state index is 0.226. The summed E-state index contributed by atoms with van der Waals surface area (Å²) in [6.07, 6.45) is 3.63. The summed E-state index contributed by atoms with van der Waals surface area (Å²) in [4.78, 5) is 0. The third-order valence-corrected chi connectivity index (χ3v) is 5.62. The lowest BCUT2D eigenvalue weighted by molar-refractivity contribution is 0.415. The van der Waals surface area contributed by atoms with Crippen LogP contribution in [0.25, 0.3) is 16.9 Å². The lowest BCUT2D eigenvalue weighted by Crippen LogP contribution is -1.98. The predicted molar refractivity (Wildman–Crippen MR) is 109 cm³/mol. The monoisotopic (exact) mass is 392 g/mol. The molecule has 142 valence electrons. The standard InChI is InChI=1S/C20H20N6OS/c1-14(28-20-23-21-13-25(20)2)15-6-4-8-17(10-15)26-12-19(22-24-26)16-7-5-9-18(11-16)27-3/h4-14H,1-3H3/t14-/m0/s1. The molecule has 0 aliphatic rings. The van der Waals surface area contributed by atoms with Gasteiger partial charge in [0.1, 0.15) is 17.8 Å². The Balaban J connectivity index is 1.58. The Hall–Kier alpha value is -3.13. The maximum atomic E-state index is 5.29. The van der Waals surface area contributed by atoms with E-state index in [1.54, 1.807) is 29.9 Å². The number of thioether (sulfide) groups is 1. The smallest absolute Gasteiger partial charge is 0.191 e. The summed E-state index contributed by atoms with van der Waals surface area (Å²) in [5, 5.41) is 17.8. The molecule has 1 atom stereocenters. The van der Waals surface area contributed by atoms with E-state index in [0.717, 1.165) is 27.9 Å². The summed E-state index contributed by atoms with van der Waals surface area (Å²) in [5.74, 6) is 0.795. The highest BCUT2D eigenvalue weighted by molar-refractivity contribution is 7.99. The number of aryl methyl sites for hydroxylation is 1. The molecule has 7 nitrogen and oxygen atoms in total. The van der Waals surface area contributed by atoms with E-state index in [1.807, 2.05) is 54.2 Å². The van der Waals surface area contributed by atoms with Gasteiger partial charge in [-0.25, -0.2) is 4.68 Å². The Bertz CT molecular complexity index is 1090. The predicted octanol–water partition coefficient (Wildman–Crippen LogP) is 3.92. The topological polar surface area (TPSA) is 70.7 Å². The van der Waals surface area contributed by atoms with Crippen molar-refractivity contribution in [2.75, 3.05) is 7.11 Å². The maximum Gasteiger partial charge on any atom is 0.191 e. The fraction of sp³-hybridized carbons (Fsp3) is 0.200. The molecule has 0 bridgehead atoms. The van der Waals surface area contributed by atoms with E-state index in [2.05, 4.69) is 39.6 Å². The molecule has 0 saturated heterocycles. The van der Waals surface area contributed by atoms with E-state index in [1.165, 1.54) is 5.56 Å². The van der Waals surface area contributed by atoms with Gasteiger partial charge < -0.3 is 9.30 Å². The van der Waals surface area contributed by atoms with Gasteiger partial charge in [-0.15, -0.1) is 15.3 Å². The van der Waals surface area contributed by atoms with Gasteiger partial charge in [-0.2, -0.15) is 0 Å². The van der Waals surface area contributed by atoms with Crippen LogP contribution in [0.15, 0.2) is 66.2 Å². The zero-order valence-electron chi connectivity index (χ0n) is 15.9. The van der Waals surface area contributed by atoms with Gasteiger partial charge in [-0.05, 0) is 36.8 Å². The summed E-state index contributed by atoms with van der Waals surface area (Å²) < 4.78 is 9.00. The van der Waals surface area contributed by atoms with Crippen molar-refractivity contribution < 1.29 is 4.74 Å². The van der Waals surface area contributed by atoms with E-state index < -0.39 is 0 Å². The summed E-state index contributed by atoms with van der Waals surface area (Å²) >= 11 is 1.67. The molecule has 0 saturated carbocycles. The molecule has 0 unspecified atom stereocenters. The van der Waals surface area contributed by atoms with Crippen LogP contribution >= 0.6 is 11.8 Å². The average molecular weight is 392 g/mol. The lowest BCUT2D eigenvalue weighted by Gasteiger charge is -2.12. The van der Waals surface area contributed by atoms with E-state index in [0.29, 0.717) is 0 Å². The van der Waals surface area contributed by atoms with Gasteiger partial charge >= 0.3 is 0 Å². The molecule has 0 amide bonds. The molecule has 8 heteroatoms. The fourth-order valence-corrected chi connectivity index (χ4v) is 3.74. The number of hydrogen-bond acceptors (Lipinski definition) is 6. The first-order valence-electron chi connectivity index (χ1n) is 8.82. The largest absolute Gasteiger partial charge is 0.497 e. The van der Waals surface area contributed by atoms with Crippen LogP contribution < -0.4 is 4.74 Å². The van der Waals surface area contributed by atoms with Crippen LogP contribution in [0.4, 0.5) is 0 Å². The van der Waals surface area contributed by atoms with Gasteiger partial charge in [0.05, 0.1) is 19.0 Å². The highest BCUT2D eigenvalue weighted by Gasteiger charge is 2.13. The fourth-order valence-electron chi connectivity index (χ4n) is 2.83. The molecule has 2 aromatic heterocycles. The molecule has 4 rings (SSSR count). The van der Waals surface area contributed by atoms with Crippen LogP contribution in [-0.2, 0) is 7.05 Å². The molecule has 2 aromatic carbocycles. The second kappa shape index (κ2) is 7.85. The Morgan fingerprint density at radius 3 is 2.71 bits per heavy atom. The third-order valence-electron chi connectivity index (χ3n) is 4.42. The Labute approximate surface area is 167 Å². The SMILES string of the molecule is COc1cccc(-c2cn(-c3cccc([C@H](C)Sc4nncn4C)c3)nn2)c1. The van der Waals surface area contributed by atoms with Crippen molar-refractivity contribution in [3.63, 3.8) is 0 Å². The molecule has 0 radical (unpaired) electrons. The quantitative estimate of drug-likeness (QED) is 0.463. The van der Waals surface area contributed by atoms with Crippen molar-refractivity contribution >= 4 is 11.8 Å². The van der Waals surface area contributed by atoms with E-state index >= 15 is 0 Å². The van der Waals surface area contributed by atoms with Crippen molar-refractivity contribution in [3.05, 3.63) is 66.6 Å². The number of aromatic nitrogens is 6. The minimum Gasteiger partial charge on any atom is -0.497 e. The van der Waals surface area contributed by atoms with Crippen molar-refractivity contribution in [1.29, 1.82) is 0 Å². The summed E-state index contributed by atoms with van der Waals surface area (Å²) in [6, 6.07) is 16.1.